The van der Waals surface area contributed by atoms with E-state index in [0.717, 1.165) is 27.8 Å². The maximum atomic E-state index is 14.8. The number of thioether (sulfide) groups is 1. The van der Waals surface area contributed by atoms with Gasteiger partial charge in [0.1, 0.15) is 24.1 Å². The highest BCUT2D eigenvalue weighted by molar-refractivity contribution is 7.99. The number of nitriles is 1. The third-order valence-electron chi connectivity index (χ3n) is 12.2. The van der Waals surface area contributed by atoms with Crippen LogP contribution in [0.2, 0.25) is 0 Å². The number of phenolic OH excluding ortho intramolecular Hbond substituents is 1. The van der Waals surface area contributed by atoms with E-state index < -0.39 is 46.9 Å². The van der Waals surface area contributed by atoms with E-state index in [4.69, 9.17) is 34.2 Å². The highest BCUT2D eigenvalue weighted by Crippen LogP contribution is 2.63. The number of ether oxygens (including phenoxy) is 6. The summed E-state index contributed by atoms with van der Waals surface area (Å²) in [5, 5.41) is 29.8. The van der Waals surface area contributed by atoms with Gasteiger partial charge in [-0.25, -0.2) is 4.79 Å². The molecule has 7 aliphatic heterocycles. The molecule has 14 nitrogen and oxygen atoms in total. The number of rotatable bonds is 4. The second-order valence-corrected chi connectivity index (χ2v) is 16.1. The van der Waals surface area contributed by atoms with Gasteiger partial charge in [0.15, 0.2) is 28.5 Å². The highest BCUT2D eigenvalue weighted by Gasteiger charge is 2.60. The molecule has 7 atom stereocenters. The molecule has 0 aliphatic carbocycles. The average molecular weight is 770 g/mol. The van der Waals surface area contributed by atoms with Gasteiger partial charge in [-0.3, -0.25) is 15.0 Å². The van der Waals surface area contributed by atoms with Crippen LogP contribution in [-0.2, 0) is 39.3 Å². The van der Waals surface area contributed by atoms with Gasteiger partial charge in [-0.1, -0.05) is 12.1 Å². The van der Waals surface area contributed by atoms with Crippen LogP contribution in [0.15, 0.2) is 18.2 Å². The number of benzene rings is 3. The Balaban J connectivity index is 1.31. The summed E-state index contributed by atoms with van der Waals surface area (Å²) in [6.07, 6.45) is 1.15. The Morgan fingerprint density at radius 2 is 1.91 bits per heavy atom. The van der Waals surface area contributed by atoms with Crippen LogP contribution in [0.5, 0.6) is 34.5 Å². The molecule has 288 valence electrons. The number of aryl methyl sites for hydroxylation is 1. The average Bonchev–Trinajstić information content (AvgIpc) is 3.67. The van der Waals surface area contributed by atoms with Crippen LogP contribution in [-0.4, -0.2) is 80.0 Å². The molecule has 7 aliphatic rings. The molecule has 4 bridgehead atoms. The zero-order valence-corrected chi connectivity index (χ0v) is 32.1. The first-order valence-electron chi connectivity index (χ1n) is 18.5. The van der Waals surface area contributed by atoms with Crippen molar-refractivity contribution in [3.8, 4) is 40.6 Å². The summed E-state index contributed by atoms with van der Waals surface area (Å²) in [5.74, 6) is 1.50. The van der Waals surface area contributed by atoms with Crippen molar-refractivity contribution in [3.63, 3.8) is 0 Å². The first kappa shape index (κ1) is 35.9. The third kappa shape index (κ3) is 5.08. The molecule has 3 aromatic rings. The monoisotopic (exact) mass is 769 g/mol. The van der Waals surface area contributed by atoms with E-state index in [-0.39, 0.29) is 37.5 Å². The quantitative estimate of drug-likeness (QED) is 0.223. The fourth-order valence-corrected chi connectivity index (χ4v) is 11.7. The maximum Gasteiger partial charge on any atom is 0.331 e. The summed E-state index contributed by atoms with van der Waals surface area (Å²) in [7, 11) is 3.12. The molecule has 5 N–H and O–H groups in total. The standard InChI is InChI=1S/C40H43N5O9S/c1-17-8-21-10-24-25(13-42)45-26-14-51-39(48)40(23-11-27(49-4)22(12-41)9-20(23)6-7-43-40)15-55-38(32(45)31(44-24)28(21)33(47)34(17)50-5)30-29(26)37-36(52-16-53-37)18(2)35(30)54-19(3)46/h8-9,11,24-26,31-32,38,43-44,47H,6-7,10,12,14-16,41H2,1-5H3/t24-,25-,26-,31+,32+,38+,40+/m0/s1. The number of hydrogen-bond acceptors (Lipinski definition) is 15. The lowest BCUT2D eigenvalue weighted by atomic mass is 9.72. The van der Waals surface area contributed by atoms with Gasteiger partial charge in [0.05, 0.1) is 37.6 Å². The SMILES string of the molecule is COc1cc2c(cc1CN)CCN[C@]21CS[C@@H]2c3c(OC(C)=O)c(C)c4c(c3[C@H](COC1=O)N1[C@@H]2[C@@H]2N[C@@H](Cc3cc(C)c(OC)c(O)c32)[C@@H]1C#N)OCO4. The minimum absolute atomic E-state index is 0.0395. The van der Waals surface area contributed by atoms with Gasteiger partial charge in [-0.15, -0.1) is 11.8 Å². The molecule has 2 fully saturated rings. The van der Waals surface area contributed by atoms with Gasteiger partial charge in [-0.2, -0.15) is 5.26 Å². The number of methoxy groups -OCH3 is 2. The largest absolute Gasteiger partial charge is 0.504 e. The van der Waals surface area contributed by atoms with Crippen LogP contribution < -0.4 is 40.1 Å². The zero-order valence-electron chi connectivity index (χ0n) is 31.2. The number of nitrogens with two attached hydrogens (primary N) is 1. The van der Waals surface area contributed by atoms with Gasteiger partial charge in [0, 0.05) is 65.7 Å². The van der Waals surface area contributed by atoms with Crippen LogP contribution in [0.3, 0.4) is 0 Å². The Morgan fingerprint density at radius 1 is 1.11 bits per heavy atom. The number of phenols is 1. The van der Waals surface area contributed by atoms with Crippen molar-refractivity contribution in [1.29, 1.82) is 5.26 Å². The van der Waals surface area contributed by atoms with Crippen molar-refractivity contribution in [1.82, 2.24) is 15.5 Å². The minimum Gasteiger partial charge on any atom is -0.504 e. The number of carbonyl (C=O) groups is 2. The van der Waals surface area contributed by atoms with E-state index in [0.29, 0.717) is 70.4 Å². The van der Waals surface area contributed by atoms with Crippen molar-refractivity contribution in [2.75, 3.05) is 39.9 Å². The van der Waals surface area contributed by atoms with Gasteiger partial charge < -0.3 is 44.6 Å². The normalized spacial score (nSPS) is 28.6. The molecule has 7 heterocycles. The Kier molecular flexibility index (Phi) is 8.63. The van der Waals surface area contributed by atoms with Gasteiger partial charge in [0.2, 0.25) is 6.79 Å². The Labute approximate surface area is 322 Å². The van der Waals surface area contributed by atoms with E-state index >= 15 is 0 Å². The lowest BCUT2D eigenvalue weighted by Gasteiger charge is -2.59. The van der Waals surface area contributed by atoms with E-state index in [1.54, 1.807) is 7.11 Å². The van der Waals surface area contributed by atoms with Crippen molar-refractivity contribution in [3.05, 3.63) is 68.3 Å². The second kappa shape index (κ2) is 13.2. The molecular weight excluding hydrogens is 727 g/mol. The number of esters is 2. The second-order valence-electron chi connectivity index (χ2n) is 15.0. The molecule has 0 saturated carbocycles. The molecule has 0 aromatic heterocycles. The molecular formula is C40H43N5O9S. The number of nitrogens with one attached hydrogen (secondary N) is 2. The lowest BCUT2D eigenvalue weighted by Crippen LogP contribution is -2.69. The Morgan fingerprint density at radius 3 is 2.64 bits per heavy atom. The van der Waals surface area contributed by atoms with Crippen molar-refractivity contribution >= 4 is 23.7 Å². The number of piperazine rings is 1. The summed E-state index contributed by atoms with van der Waals surface area (Å²) < 4.78 is 36.3. The smallest absolute Gasteiger partial charge is 0.331 e. The van der Waals surface area contributed by atoms with Crippen LogP contribution in [0.1, 0.15) is 74.3 Å². The topological polar surface area (TPSA) is 187 Å². The molecule has 2 saturated heterocycles. The van der Waals surface area contributed by atoms with E-state index in [9.17, 15) is 20.0 Å². The van der Waals surface area contributed by atoms with Gasteiger partial charge in [0.25, 0.3) is 0 Å². The van der Waals surface area contributed by atoms with Crippen LogP contribution in [0, 0.1) is 25.2 Å². The van der Waals surface area contributed by atoms with Gasteiger partial charge >= 0.3 is 11.9 Å². The number of carbonyl (C=O) groups excluding carboxylic acids is 2. The van der Waals surface area contributed by atoms with E-state index in [1.165, 1.54) is 25.8 Å². The summed E-state index contributed by atoms with van der Waals surface area (Å²) >= 11 is 1.51. The first-order valence-corrected chi connectivity index (χ1v) is 19.5. The van der Waals surface area contributed by atoms with E-state index in [2.05, 4.69) is 21.6 Å². The highest BCUT2D eigenvalue weighted by atomic mass is 32.2. The molecule has 55 heavy (non-hydrogen) atoms. The van der Waals surface area contributed by atoms with Gasteiger partial charge in [-0.05, 0) is 55.0 Å². The Bertz CT molecular complexity index is 2210. The first-order chi connectivity index (χ1) is 26.6. The summed E-state index contributed by atoms with van der Waals surface area (Å²) in [6, 6.07) is 5.76. The van der Waals surface area contributed by atoms with Crippen LogP contribution in [0.25, 0.3) is 0 Å². The number of aromatic hydroxyl groups is 1. The van der Waals surface area contributed by atoms with Crippen molar-refractivity contribution < 1.29 is 43.1 Å². The number of fused-ring (bicyclic) bond motifs is 9. The van der Waals surface area contributed by atoms with Crippen molar-refractivity contribution in [2.45, 2.75) is 81.2 Å². The van der Waals surface area contributed by atoms with E-state index in [1.807, 2.05) is 32.0 Å². The molecule has 0 amide bonds. The number of hydrogen-bond donors (Lipinski definition) is 4. The van der Waals surface area contributed by atoms with Crippen LogP contribution >= 0.6 is 11.8 Å². The fraction of sp³-hybridized carbons (Fsp3) is 0.475. The zero-order chi connectivity index (χ0) is 38.5. The summed E-state index contributed by atoms with van der Waals surface area (Å²) in [5.41, 5.74) is 11.8. The predicted molar refractivity (Wildman–Crippen MR) is 200 cm³/mol. The number of nitrogens with zero attached hydrogens (tertiary/aromatic N) is 2. The molecule has 0 radical (unpaired) electrons. The fourth-order valence-electron chi connectivity index (χ4n) is 10.0. The Hall–Kier alpha value is -4.72. The molecule has 0 unspecified atom stereocenters. The molecule has 15 heteroatoms. The summed E-state index contributed by atoms with van der Waals surface area (Å²) in [4.78, 5) is 29.9. The maximum absolute atomic E-state index is 14.8. The summed E-state index contributed by atoms with van der Waals surface area (Å²) in [6.45, 7) is 5.68. The molecule has 10 rings (SSSR count). The lowest BCUT2D eigenvalue weighted by molar-refractivity contribution is -0.155. The molecule has 1 spiro atoms. The minimum atomic E-state index is -1.29. The van der Waals surface area contributed by atoms with Crippen molar-refractivity contribution in [2.24, 2.45) is 5.73 Å². The van der Waals surface area contributed by atoms with Crippen LogP contribution in [0.4, 0.5) is 0 Å². The predicted octanol–water partition coefficient (Wildman–Crippen LogP) is 3.40. The third-order valence-corrected chi connectivity index (χ3v) is 13.7. The molecule has 3 aromatic carbocycles.